The van der Waals surface area contributed by atoms with E-state index in [4.69, 9.17) is 16.3 Å². The SMILES string of the molecule is CCN(CC)c1ccc(/C(Cl)=C(\C=O)OC(=O)NC)cc1. The van der Waals surface area contributed by atoms with Gasteiger partial charge in [-0.2, -0.15) is 0 Å². The van der Waals surface area contributed by atoms with Crippen molar-refractivity contribution in [3.05, 3.63) is 35.6 Å². The molecule has 6 heteroatoms. The van der Waals surface area contributed by atoms with Crippen LogP contribution in [0.1, 0.15) is 19.4 Å². The maximum absolute atomic E-state index is 11.1. The summed E-state index contributed by atoms with van der Waals surface area (Å²) >= 11 is 6.10. The van der Waals surface area contributed by atoms with Crippen LogP contribution in [0.25, 0.3) is 5.03 Å². The van der Waals surface area contributed by atoms with Gasteiger partial charge in [0, 0.05) is 25.8 Å². The number of carbonyl (C=O) groups excluding carboxylic acids is 2. The summed E-state index contributed by atoms with van der Waals surface area (Å²) in [5.74, 6) is -0.216. The van der Waals surface area contributed by atoms with Crippen molar-refractivity contribution in [2.24, 2.45) is 0 Å². The molecule has 0 saturated heterocycles. The molecule has 0 aliphatic carbocycles. The summed E-state index contributed by atoms with van der Waals surface area (Å²) < 4.78 is 4.80. The standard InChI is InChI=1S/C15H19ClN2O3/c1-4-18(5-2)12-8-6-11(7-9-12)14(16)13(10-19)21-15(20)17-3/h6-10H,4-5H2,1-3H3,(H,17,20)/b14-13-. The first-order chi connectivity index (χ1) is 10.1. The van der Waals surface area contributed by atoms with Crippen LogP contribution in [-0.4, -0.2) is 32.5 Å². The van der Waals surface area contributed by atoms with Crippen molar-refractivity contribution in [2.75, 3.05) is 25.0 Å². The molecule has 0 fully saturated rings. The largest absolute Gasteiger partial charge is 0.412 e. The predicted molar refractivity (Wildman–Crippen MR) is 84.4 cm³/mol. The molecule has 0 atom stereocenters. The van der Waals surface area contributed by atoms with Crippen LogP contribution in [-0.2, 0) is 9.53 Å². The lowest BCUT2D eigenvalue weighted by molar-refractivity contribution is -0.106. The van der Waals surface area contributed by atoms with Gasteiger partial charge in [-0.1, -0.05) is 23.7 Å². The molecular formula is C15H19ClN2O3. The molecule has 0 radical (unpaired) electrons. The molecule has 0 bridgehead atoms. The Bertz CT molecular complexity index is 522. The van der Waals surface area contributed by atoms with E-state index in [2.05, 4.69) is 24.1 Å². The summed E-state index contributed by atoms with van der Waals surface area (Å²) in [6, 6.07) is 7.39. The third kappa shape index (κ3) is 4.49. The fourth-order valence-corrected chi connectivity index (χ4v) is 2.03. The minimum Gasteiger partial charge on any atom is -0.405 e. The van der Waals surface area contributed by atoms with E-state index in [1.54, 1.807) is 12.1 Å². The van der Waals surface area contributed by atoms with Gasteiger partial charge in [0.15, 0.2) is 12.0 Å². The van der Waals surface area contributed by atoms with Crippen LogP contribution in [0.15, 0.2) is 30.0 Å². The van der Waals surface area contributed by atoms with Crippen LogP contribution in [0, 0.1) is 0 Å². The number of nitrogens with zero attached hydrogens (tertiary/aromatic N) is 1. The normalized spacial score (nSPS) is 11.4. The number of alkyl carbamates (subject to hydrolysis) is 1. The Kier molecular flexibility index (Phi) is 6.75. The molecule has 1 N–H and O–H groups in total. The predicted octanol–water partition coefficient (Wildman–Crippen LogP) is 3.00. The zero-order valence-corrected chi connectivity index (χ0v) is 13.1. The first-order valence-corrected chi connectivity index (χ1v) is 7.05. The average molecular weight is 311 g/mol. The van der Waals surface area contributed by atoms with Gasteiger partial charge >= 0.3 is 6.09 Å². The summed E-state index contributed by atoms with van der Waals surface area (Å²) in [6.07, 6.45) is -0.328. The van der Waals surface area contributed by atoms with Gasteiger partial charge in [-0.15, -0.1) is 0 Å². The summed E-state index contributed by atoms with van der Waals surface area (Å²) in [5.41, 5.74) is 1.67. The first-order valence-electron chi connectivity index (χ1n) is 6.67. The molecule has 0 unspecified atom stereocenters. The first kappa shape index (κ1) is 17.0. The van der Waals surface area contributed by atoms with Crippen molar-refractivity contribution < 1.29 is 14.3 Å². The molecule has 114 valence electrons. The van der Waals surface area contributed by atoms with Gasteiger partial charge in [0.25, 0.3) is 0 Å². The molecule has 1 rings (SSSR count). The Morgan fingerprint density at radius 1 is 1.29 bits per heavy atom. The Balaban J connectivity index is 3.03. The number of carbonyl (C=O) groups is 2. The molecule has 21 heavy (non-hydrogen) atoms. The van der Waals surface area contributed by atoms with Crippen molar-refractivity contribution >= 4 is 34.7 Å². The average Bonchev–Trinajstić information content (AvgIpc) is 2.53. The minimum absolute atomic E-state index is 0.0969. The van der Waals surface area contributed by atoms with Crippen molar-refractivity contribution in [1.29, 1.82) is 0 Å². The summed E-state index contributed by atoms with van der Waals surface area (Å²) in [5, 5.41) is 2.35. The van der Waals surface area contributed by atoms with E-state index in [-0.39, 0.29) is 10.8 Å². The van der Waals surface area contributed by atoms with Crippen LogP contribution in [0.3, 0.4) is 0 Å². The summed E-state index contributed by atoms with van der Waals surface area (Å²) in [7, 11) is 1.40. The van der Waals surface area contributed by atoms with Gasteiger partial charge in [-0.3, -0.25) is 4.79 Å². The highest BCUT2D eigenvalue weighted by atomic mass is 35.5. The van der Waals surface area contributed by atoms with E-state index >= 15 is 0 Å². The Labute approximate surface area is 129 Å². The highest BCUT2D eigenvalue weighted by Gasteiger charge is 2.12. The molecule has 5 nitrogen and oxygen atoms in total. The second-order valence-electron chi connectivity index (χ2n) is 4.15. The number of hydrogen-bond donors (Lipinski definition) is 1. The fraction of sp³-hybridized carbons (Fsp3) is 0.333. The topological polar surface area (TPSA) is 58.6 Å². The lowest BCUT2D eigenvalue weighted by Gasteiger charge is -2.21. The van der Waals surface area contributed by atoms with Gasteiger partial charge in [0.05, 0.1) is 5.03 Å². The van der Waals surface area contributed by atoms with E-state index < -0.39 is 6.09 Å². The lowest BCUT2D eigenvalue weighted by Crippen LogP contribution is -2.21. The fourth-order valence-electron chi connectivity index (χ4n) is 1.82. The molecule has 1 amide bonds. The van der Waals surface area contributed by atoms with Crippen LogP contribution in [0.2, 0.25) is 0 Å². The molecule has 0 heterocycles. The molecular weight excluding hydrogens is 292 g/mol. The number of hydrogen-bond acceptors (Lipinski definition) is 4. The number of benzene rings is 1. The Morgan fingerprint density at radius 2 is 1.86 bits per heavy atom. The van der Waals surface area contributed by atoms with Crippen molar-refractivity contribution in [1.82, 2.24) is 5.32 Å². The second-order valence-corrected chi connectivity index (χ2v) is 4.53. The van der Waals surface area contributed by atoms with Gasteiger partial charge in [-0.25, -0.2) is 4.79 Å². The van der Waals surface area contributed by atoms with Gasteiger partial charge in [0.2, 0.25) is 0 Å². The van der Waals surface area contributed by atoms with Gasteiger partial charge in [-0.05, 0) is 31.5 Å². The van der Waals surface area contributed by atoms with E-state index in [1.807, 2.05) is 12.1 Å². The van der Waals surface area contributed by atoms with Gasteiger partial charge in [0.1, 0.15) is 0 Å². The maximum Gasteiger partial charge on any atom is 0.412 e. The zero-order chi connectivity index (χ0) is 15.8. The third-order valence-electron chi connectivity index (χ3n) is 2.98. The van der Waals surface area contributed by atoms with Crippen LogP contribution in [0.5, 0.6) is 0 Å². The van der Waals surface area contributed by atoms with E-state index in [0.717, 1.165) is 18.8 Å². The van der Waals surface area contributed by atoms with Gasteiger partial charge < -0.3 is 15.0 Å². The molecule has 0 aliphatic heterocycles. The molecule has 0 aromatic heterocycles. The van der Waals surface area contributed by atoms with Crippen LogP contribution in [0.4, 0.5) is 10.5 Å². The third-order valence-corrected chi connectivity index (χ3v) is 3.38. The second kappa shape index (κ2) is 8.32. The number of aldehydes is 1. The smallest absolute Gasteiger partial charge is 0.405 e. The lowest BCUT2D eigenvalue weighted by atomic mass is 10.1. The number of rotatable bonds is 6. The van der Waals surface area contributed by atoms with Crippen molar-refractivity contribution in [3.8, 4) is 0 Å². The van der Waals surface area contributed by atoms with Crippen LogP contribution < -0.4 is 10.2 Å². The van der Waals surface area contributed by atoms with E-state index in [0.29, 0.717) is 11.8 Å². The number of nitrogens with one attached hydrogen (secondary N) is 1. The monoisotopic (exact) mass is 310 g/mol. The Hall–Kier alpha value is -2.01. The molecule has 0 aliphatic rings. The highest BCUT2D eigenvalue weighted by Crippen LogP contribution is 2.25. The summed E-state index contributed by atoms with van der Waals surface area (Å²) in [6.45, 7) is 5.95. The minimum atomic E-state index is -0.741. The number of allylic oxidation sites excluding steroid dienone is 1. The quantitative estimate of drug-likeness (QED) is 0.498. The zero-order valence-electron chi connectivity index (χ0n) is 12.4. The summed E-state index contributed by atoms with van der Waals surface area (Å²) in [4.78, 5) is 24.3. The number of anilines is 1. The molecule has 0 spiro atoms. The Morgan fingerprint density at radius 3 is 2.29 bits per heavy atom. The molecule has 0 saturated carbocycles. The number of amides is 1. The maximum atomic E-state index is 11.1. The molecule has 1 aromatic rings. The van der Waals surface area contributed by atoms with E-state index in [9.17, 15) is 9.59 Å². The van der Waals surface area contributed by atoms with Crippen LogP contribution >= 0.6 is 11.6 Å². The van der Waals surface area contributed by atoms with Crippen molar-refractivity contribution in [2.45, 2.75) is 13.8 Å². The molecule has 1 aromatic carbocycles. The number of ether oxygens (including phenoxy) is 1. The van der Waals surface area contributed by atoms with Crippen molar-refractivity contribution in [3.63, 3.8) is 0 Å². The number of halogens is 1. The van der Waals surface area contributed by atoms with E-state index in [1.165, 1.54) is 7.05 Å². The highest BCUT2D eigenvalue weighted by molar-refractivity contribution is 6.50.